The zero-order valence-corrected chi connectivity index (χ0v) is 14.7. The summed E-state index contributed by atoms with van der Waals surface area (Å²) in [7, 11) is -3.07. The molecule has 0 spiro atoms. The molecule has 1 heterocycles. The Morgan fingerprint density at radius 2 is 1.86 bits per heavy atom. The van der Waals surface area contributed by atoms with Crippen LogP contribution in [0.3, 0.4) is 0 Å². The van der Waals surface area contributed by atoms with Crippen LogP contribution in [-0.4, -0.2) is 50.6 Å². The van der Waals surface area contributed by atoms with E-state index in [0.29, 0.717) is 39.0 Å². The predicted molar refractivity (Wildman–Crippen MR) is 89.4 cm³/mol. The van der Waals surface area contributed by atoms with Crippen LogP contribution >= 0.6 is 12.4 Å². The van der Waals surface area contributed by atoms with E-state index in [0.717, 1.165) is 25.7 Å². The molecule has 2 fully saturated rings. The van der Waals surface area contributed by atoms with Crippen LogP contribution in [0.5, 0.6) is 0 Å². The summed E-state index contributed by atoms with van der Waals surface area (Å²) in [6.45, 7) is 1.90. The Morgan fingerprint density at radius 1 is 1.18 bits per heavy atom. The second-order valence-electron chi connectivity index (χ2n) is 6.36. The van der Waals surface area contributed by atoms with Crippen LogP contribution in [0, 0.1) is 5.41 Å². The number of halogens is 1. The summed E-state index contributed by atoms with van der Waals surface area (Å²) in [6.07, 6.45) is 6.74. The lowest BCUT2D eigenvalue weighted by Gasteiger charge is -2.35. The molecule has 1 saturated carbocycles. The highest BCUT2D eigenvalue weighted by molar-refractivity contribution is 7.89. The summed E-state index contributed by atoms with van der Waals surface area (Å²) < 4.78 is 24.8. The molecule has 0 aromatic carbocycles. The van der Waals surface area contributed by atoms with Gasteiger partial charge in [-0.05, 0) is 31.2 Å². The maximum atomic E-state index is 12.1. The standard InChI is InChI=1S/C14H27N3O3S.ClH/c15-12-14(5-2-1-3-6-14)11-13(18)16-7-9-17-8-4-10-21(17,19)20;/h1-12,15H2,(H,16,18);1H. The van der Waals surface area contributed by atoms with E-state index in [1.54, 1.807) is 0 Å². The first-order valence-corrected chi connectivity index (χ1v) is 9.53. The van der Waals surface area contributed by atoms with E-state index in [4.69, 9.17) is 5.73 Å². The van der Waals surface area contributed by atoms with Gasteiger partial charge in [0.2, 0.25) is 15.9 Å². The molecule has 2 aliphatic rings. The molecule has 1 saturated heterocycles. The molecule has 6 nitrogen and oxygen atoms in total. The Bertz CT molecular complexity index is 464. The lowest BCUT2D eigenvalue weighted by atomic mass is 9.71. The van der Waals surface area contributed by atoms with E-state index in [1.807, 2.05) is 0 Å². The SMILES string of the molecule is Cl.NCC1(CC(=O)NCCN2CCCS2(=O)=O)CCCCC1. The molecular formula is C14H28ClN3O3S. The fourth-order valence-electron chi connectivity index (χ4n) is 3.42. The molecule has 22 heavy (non-hydrogen) atoms. The van der Waals surface area contributed by atoms with Crippen molar-refractivity contribution in [2.75, 3.05) is 31.9 Å². The molecule has 2 rings (SSSR count). The normalized spacial score (nSPS) is 23.7. The molecule has 0 radical (unpaired) electrons. The Balaban J connectivity index is 0.00000242. The molecule has 8 heteroatoms. The Morgan fingerprint density at radius 3 is 2.41 bits per heavy atom. The van der Waals surface area contributed by atoms with Gasteiger partial charge in [0, 0.05) is 26.1 Å². The zero-order chi connectivity index (χ0) is 15.3. The summed E-state index contributed by atoms with van der Waals surface area (Å²) in [4.78, 5) is 12.1. The van der Waals surface area contributed by atoms with Gasteiger partial charge in [-0.2, -0.15) is 0 Å². The van der Waals surface area contributed by atoms with Crippen LogP contribution in [0.4, 0.5) is 0 Å². The molecule has 1 amide bonds. The third kappa shape index (κ3) is 5.08. The molecule has 1 aliphatic carbocycles. The fourth-order valence-corrected chi connectivity index (χ4v) is 4.95. The average molecular weight is 354 g/mol. The second kappa shape index (κ2) is 8.47. The molecule has 0 aromatic rings. The topological polar surface area (TPSA) is 92.5 Å². The van der Waals surface area contributed by atoms with Gasteiger partial charge in [-0.3, -0.25) is 4.79 Å². The van der Waals surface area contributed by atoms with E-state index in [1.165, 1.54) is 10.7 Å². The van der Waals surface area contributed by atoms with Gasteiger partial charge in [-0.1, -0.05) is 19.3 Å². The third-order valence-electron chi connectivity index (χ3n) is 4.77. The van der Waals surface area contributed by atoms with Crippen molar-refractivity contribution in [3.05, 3.63) is 0 Å². The van der Waals surface area contributed by atoms with Gasteiger partial charge in [0.05, 0.1) is 5.75 Å². The maximum Gasteiger partial charge on any atom is 0.220 e. The van der Waals surface area contributed by atoms with Crippen LogP contribution in [0.1, 0.15) is 44.9 Å². The smallest absolute Gasteiger partial charge is 0.220 e. The van der Waals surface area contributed by atoms with Gasteiger partial charge in [-0.15, -0.1) is 12.4 Å². The minimum atomic E-state index is -3.07. The van der Waals surface area contributed by atoms with Crippen molar-refractivity contribution in [1.29, 1.82) is 0 Å². The first-order chi connectivity index (χ1) is 9.97. The van der Waals surface area contributed by atoms with Crippen LogP contribution in [-0.2, 0) is 14.8 Å². The van der Waals surface area contributed by atoms with Crippen molar-refractivity contribution in [3.8, 4) is 0 Å². The van der Waals surface area contributed by atoms with Crippen molar-refractivity contribution < 1.29 is 13.2 Å². The molecule has 3 N–H and O–H groups in total. The Kier molecular flexibility index (Phi) is 7.58. The number of hydrogen-bond donors (Lipinski definition) is 2. The lowest BCUT2D eigenvalue weighted by molar-refractivity contribution is -0.123. The first kappa shape index (κ1) is 19.7. The van der Waals surface area contributed by atoms with E-state index < -0.39 is 10.0 Å². The summed E-state index contributed by atoms with van der Waals surface area (Å²) in [5.41, 5.74) is 5.84. The third-order valence-corrected chi connectivity index (χ3v) is 6.73. The summed E-state index contributed by atoms with van der Waals surface area (Å²) >= 11 is 0. The van der Waals surface area contributed by atoms with Crippen LogP contribution in [0.2, 0.25) is 0 Å². The molecule has 1 aliphatic heterocycles. The monoisotopic (exact) mass is 353 g/mol. The molecule has 130 valence electrons. The number of amides is 1. The number of nitrogens with two attached hydrogens (primary N) is 1. The van der Waals surface area contributed by atoms with Crippen LogP contribution in [0.15, 0.2) is 0 Å². The van der Waals surface area contributed by atoms with E-state index in [9.17, 15) is 13.2 Å². The lowest BCUT2D eigenvalue weighted by Crippen LogP contribution is -2.41. The number of sulfonamides is 1. The van der Waals surface area contributed by atoms with E-state index in [-0.39, 0.29) is 29.5 Å². The van der Waals surface area contributed by atoms with Crippen LogP contribution < -0.4 is 11.1 Å². The summed E-state index contributed by atoms with van der Waals surface area (Å²) in [5.74, 6) is 0.232. The fraction of sp³-hybridized carbons (Fsp3) is 0.929. The largest absolute Gasteiger partial charge is 0.355 e. The number of rotatable bonds is 6. The van der Waals surface area contributed by atoms with Gasteiger partial charge in [-0.25, -0.2) is 12.7 Å². The minimum Gasteiger partial charge on any atom is -0.355 e. The quantitative estimate of drug-likeness (QED) is 0.740. The van der Waals surface area contributed by atoms with Crippen LogP contribution in [0.25, 0.3) is 0 Å². The van der Waals surface area contributed by atoms with Crippen molar-refractivity contribution in [2.45, 2.75) is 44.9 Å². The van der Waals surface area contributed by atoms with Gasteiger partial charge >= 0.3 is 0 Å². The van der Waals surface area contributed by atoms with Gasteiger partial charge in [0.25, 0.3) is 0 Å². The number of nitrogens with one attached hydrogen (secondary N) is 1. The molecule has 0 bridgehead atoms. The zero-order valence-electron chi connectivity index (χ0n) is 13.1. The van der Waals surface area contributed by atoms with E-state index in [2.05, 4.69) is 5.32 Å². The second-order valence-corrected chi connectivity index (χ2v) is 8.45. The van der Waals surface area contributed by atoms with Gasteiger partial charge in [0.15, 0.2) is 0 Å². The van der Waals surface area contributed by atoms with Gasteiger partial charge in [0.1, 0.15) is 0 Å². The van der Waals surface area contributed by atoms with Crippen molar-refractivity contribution in [1.82, 2.24) is 9.62 Å². The highest BCUT2D eigenvalue weighted by atomic mass is 35.5. The van der Waals surface area contributed by atoms with Gasteiger partial charge < -0.3 is 11.1 Å². The number of carbonyl (C=O) groups excluding carboxylic acids is 1. The molecule has 0 unspecified atom stereocenters. The van der Waals surface area contributed by atoms with E-state index >= 15 is 0 Å². The molecule has 0 aromatic heterocycles. The molecular weight excluding hydrogens is 326 g/mol. The highest BCUT2D eigenvalue weighted by Gasteiger charge is 2.33. The summed E-state index contributed by atoms with van der Waals surface area (Å²) in [5, 5.41) is 2.85. The number of hydrogen-bond acceptors (Lipinski definition) is 4. The van der Waals surface area contributed by atoms with Crippen molar-refractivity contribution in [3.63, 3.8) is 0 Å². The Hall–Kier alpha value is -0.370. The number of nitrogens with zero attached hydrogens (tertiary/aromatic N) is 1. The first-order valence-electron chi connectivity index (χ1n) is 7.92. The molecule has 0 atom stereocenters. The Labute approximate surface area is 139 Å². The van der Waals surface area contributed by atoms with Crippen molar-refractivity contribution in [2.24, 2.45) is 11.1 Å². The minimum absolute atomic E-state index is 0. The summed E-state index contributed by atoms with van der Waals surface area (Å²) in [6, 6.07) is 0. The maximum absolute atomic E-state index is 12.1. The van der Waals surface area contributed by atoms with Crippen molar-refractivity contribution >= 4 is 28.3 Å². The predicted octanol–water partition coefficient (Wildman–Crippen LogP) is 0.859. The highest BCUT2D eigenvalue weighted by Crippen LogP contribution is 2.38. The average Bonchev–Trinajstić information content (AvgIpc) is 2.79. The number of carbonyl (C=O) groups is 1.